The van der Waals surface area contributed by atoms with Gasteiger partial charge in [0.25, 0.3) is 5.91 Å². The molecule has 0 fully saturated rings. The molecule has 6 heteroatoms. The molecule has 0 atom stereocenters. The van der Waals surface area contributed by atoms with Crippen LogP contribution >= 0.6 is 0 Å². The molecule has 2 aromatic carbocycles. The van der Waals surface area contributed by atoms with E-state index in [1.807, 2.05) is 0 Å². The number of halogens is 2. The molecular weight excluding hydrogens is 300 g/mol. The van der Waals surface area contributed by atoms with E-state index in [0.717, 1.165) is 11.6 Å². The molecule has 0 aliphatic carbocycles. The van der Waals surface area contributed by atoms with Crippen LogP contribution < -0.4 is 5.32 Å². The number of carbonyl (C=O) groups is 1. The predicted molar refractivity (Wildman–Crippen MR) is 82.1 cm³/mol. The molecule has 1 amide bonds. The average Bonchev–Trinajstić information content (AvgIpc) is 2.94. The van der Waals surface area contributed by atoms with Crippen LogP contribution in [-0.2, 0) is 6.54 Å². The molecule has 3 aromatic rings. The van der Waals surface area contributed by atoms with Crippen LogP contribution in [0.4, 0.5) is 14.5 Å². The zero-order chi connectivity index (χ0) is 16.2. The van der Waals surface area contributed by atoms with Gasteiger partial charge in [-0.15, -0.1) is 0 Å². The number of nitrogens with one attached hydrogen (secondary N) is 1. The third-order valence-electron chi connectivity index (χ3n) is 3.21. The summed E-state index contributed by atoms with van der Waals surface area (Å²) in [5.74, 6) is -1.21. The van der Waals surface area contributed by atoms with E-state index in [2.05, 4.69) is 10.4 Å². The number of amides is 1. The van der Waals surface area contributed by atoms with Crippen molar-refractivity contribution in [3.63, 3.8) is 0 Å². The fourth-order valence-electron chi connectivity index (χ4n) is 2.17. The van der Waals surface area contributed by atoms with Gasteiger partial charge in [0, 0.05) is 11.8 Å². The van der Waals surface area contributed by atoms with E-state index in [0.29, 0.717) is 12.2 Å². The maximum Gasteiger partial charge on any atom is 0.255 e. The van der Waals surface area contributed by atoms with E-state index in [-0.39, 0.29) is 11.4 Å². The van der Waals surface area contributed by atoms with Crippen molar-refractivity contribution < 1.29 is 13.6 Å². The molecule has 0 aliphatic heterocycles. The van der Waals surface area contributed by atoms with Crippen molar-refractivity contribution in [2.75, 3.05) is 5.32 Å². The van der Waals surface area contributed by atoms with Gasteiger partial charge in [-0.2, -0.15) is 5.10 Å². The maximum atomic E-state index is 13.2. The molecule has 0 radical (unpaired) electrons. The first kappa shape index (κ1) is 14.9. The van der Waals surface area contributed by atoms with E-state index in [1.54, 1.807) is 23.0 Å². The lowest BCUT2D eigenvalue weighted by molar-refractivity contribution is 0.102. The van der Waals surface area contributed by atoms with Gasteiger partial charge in [-0.05, 0) is 35.9 Å². The first-order valence-electron chi connectivity index (χ1n) is 6.94. The van der Waals surface area contributed by atoms with Crippen molar-refractivity contribution in [1.29, 1.82) is 0 Å². The van der Waals surface area contributed by atoms with Gasteiger partial charge >= 0.3 is 0 Å². The Morgan fingerprint density at radius 1 is 1.09 bits per heavy atom. The molecule has 0 saturated heterocycles. The van der Waals surface area contributed by atoms with Crippen LogP contribution in [-0.4, -0.2) is 15.7 Å². The topological polar surface area (TPSA) is 46.9 Å². The summed E-state index contributed by atoms with van der Waals surface area (Å²) in [6, 6.07) is 11.6. The van der Waals surface area contributed by atoms with E-state index < -0.39 is 11.7 Å². The predicted octanol–water partition coefficient (Wildman–Crippen LogP) is 3.46. The van der Waals surface area contributed by atoms with Gasteiger partial charge in [0.05, 0.1) is 18.4 Å². The molecule has 0 aliphatic rings. The molecule has 0 spiro atoms. The Labute approximate surface area is 131 Å². The minimum atomic E-state index is -0.473. The molecule has 0 unspecified atom stereocenters. The van der Waals surface area contributed by atoms with Crippen LogP contribution in [0, 0.1) is 11.6 Å². The molecular formula is C17H13F2N3O. The van der Waals surface area contributed by atoms with E-state index in [9.17, 15) is 13.6 Å². The minimum absolute atomic E-state index is 0.225. The lowest BCUT2D eigenvalue weighted by Crippen LogP contribution is -2.11. The summed E-state index contributed by atoms with van der Waals surface area (Å²) in [5, 5.41) is 6.75. The summed E-state index contributed by atoms with van der Waals surface area (Å²) in [5.41, 5.74) is 1.47. The summed E-state index contributed by atoms with van der Waals surface area (Å²) in [6.07, 6.45) is 3.11. The maximum absolute atomic E-state index is 13.2. The normalized spacial score (nSPS) is 10.5. The lowest BCUT2D eigenvalue weighted by atomic mass is 10.2. The zero-order valence-corrected chi connectivity index (χ0v) is 12.0. The molecule has 4 nitrogen and oxygen atoms in total. The summed E-state index contributed by atoms with van der Waals surface area (Å²) in [6.45, 7) is 0.383. The Morgan fingerprint density at radius 3 is 2.57 bits per heavy atom. The molecule has 23 heavy (non-hydrogen) atoms. The van der Waals surface area contributed by atoms with Crippen molar-refractivity contribution in [3.05, 3.63) is 83.7 Å². The molecule has 116 valence electrons. The Morgan fingerprint density at radius 2 is 1.83 bits per heavy atom. The van der Waals surface area contributed by atoms with E-state index >= 15 is 0 Å². The van der Waals surface area contributed by atoms with Crippen LogP contribution in [0.3, 0.4) is 0 Å². The van der Waals surface area contributed by atoms with Crippen LogP contribution in [0.1, 0.15) is 15.9 Å². The SMILES string of the molecule is O=C(Nc1cnn(Cc2cccc(F)c2)c1)c1cccc(F)c1. The highest BCUT2D eigenvalue weighted by molar-refractivity contribution is 6.04. The van der Waals surface area contributed by atoms with Gasteiger partial charge in [-0.1, -0.05) is 18.2 Å². The van der Waals surface area contributed by atoms with Gasteiger partial charge in [0.15, 0.2) is 0 Å². The number of carbonyl (C=O) groups excluding carboxylic acids is 1. The highest BCUT2D eigenvalue weighted by atomic mass is 19.1. The third kappa shape index (κ3) is 3.79. The number of hydrogen-bond acceptors (Lipinski definition) is 2. The lowest BCUT2D eigenvalue weighted by Gasteiger charge is -2.03. The van der Waals surface area contributed by atoms with Gasteiger partial charge in [-0.25, -0.2) is 8.78 Å². The van der Waals surface area contributed by atoms with Crippen molar-refractivity contribution in [1.82, 2.24) is 9.78 Å². The molecule has 1 aromatic heterocycles. The number of hydrogen-bond donors (Lipinski definition) is 1. The standard InChI is InChI=1S/C17H13F2N3O/c18-14-5-1-3-12(7-14)10-22-11-16(9-20-22)21-17(23)13-4-2-6-15(19)8-13/h1-9,11H,10H2,(H,21,23). The quantitative estimate of drug-likeness (QED) is 0.802. The van der Waals surface area contributed by atoms with Gasteiger partial charge in [0.2, 0.25) is 0 Å². The van der Waals surface area contributed by atoms with Crippen molar-refractivity contribution in [2.24, 2.45) is 0 Å². The highest BCUT2D eigenvalue weighted by Crippen LogP contribution is 2.11. The number of rotatable bonds is 4. The second kappa shape index (κ2) is 6.39. The van der Waals surface area contributed by atoms with Gasteiger partial charge in [-0.3, -0.25) is 9.48 Å². The van der Waals surface area contributed by atoms with E-state index in [4.69, 9.17) is 0 Å². The van der Waals surface area contributed by atoms with Crippen LogP contribution in [0.5, 0.6) is 0 Å². The first-order valence-corrected chi connectivity index (χ1v) is 6.94. The smallest absolute Gasteiger partial charge is 0.255 e. The Kier molecular flexibility index (Phi) is 4.14. The monoisotopic (exact) mass is 313 g/mol. The summed E-state index contributed by atoms with van der Waals surface area (Å²) < 4.78 is 27.8. The Bertz CT molecular complexity index is 845. The average molecular weight is 313 g/mol. The molecule has 1 N–H and O–H groups in total. The van der Waals surface area contributed by atoms with E-state index in [1.165, 1.54) is 36.5 Å². The number of anilines is 1. The minimum Gasteiger partial charge on any atom is -0.319 e. The zero-order valence-electron chi connectivity index (χ0n) is 12.0. The largest absolute Gasteiger partial charge is 0.319 e. The van der Waals surface area contributed by atoms with Gasteiger partial charge in [0.1, 0.15) is 11.6 Å². The number of nitrogens with zero attached hydrogens (tertiary/aromatic N) is 2. The van der Waals surface area contributed by atoms with Crippen LogP contribution in [0.15, 0.2) is 60.9 Å². The van der Waals surface area contributed by atoms with Crippen molar-refractivity contribution in [3.8, 4) is 0 Å². The fourth-order valence-corrected chi connectivity index (χ4v) is 2.17. The molecule has 0 saturated carbocycles. The third-order valence-corrected chi connectivity index (χ3v) is 3.21. The second-order valence-electron chi connectivity index (χ2n) is 5.02. The number of benzene rings is 2. The highest BCUT2D eigenvalue weighted by Gasteiger charge is 2.08. The van der Waals surface area contributed by atoms with Crippen LogP contribution in [0.25, 0.3) is 0 Å². The molecule has 1 heterocycles. The first-order chi connectivity index (χ1) is 11.1. The van der Waals surface area contributed by atoms with Gasteiger partial charge < -0.3 is 5.32 Å². The second-order valence-corrected chi connectivity index (χ2v) is 5.02. The fraction of sp³-hybridized carbons (Fsp3) is 0.0588. The molecule has 0 bridgehead atoms. The molecule has 3 rings (SSSR count). The van der Waals surface area contributed by atoms with Crippen LogP contribution in [0.2, 0.25) is 0 Å². The summed E-state index contributed by atoms with van der Waals surface area (Å²) in [7, 11) is 0. The Balaban J connectivity index is 1.68. The number of aromatic nitrogens is 2. The Hall–Kier alpha value is -3.02. The van der Waals surface area contributed by atoms with Crippen molar-refractivity contribution in [2.45, 2.75) is 6.54 Å². The van der Waals surface area contributed by atoms with Crippen molar-refractivity contribution >= 4 is 11.6 Å². The summed E-state index contributed by atoms with van der Waals surface area (Å²) >= 11 is 0. The summed E-state index contributed by atoms with van der Waals surface area (Å²) in [4.78, 5) is 12.0.